The molecule has 18 heavy (non-hydrogen) atoms. The third-order valence-electron chi connectivity index (χ3n) is 2.49. The molecule has 1 aromatic carbocycles. The van der Waals surface area contributed by atoms with E-state index in [-0.39, 0.29) is 6.04 Å². The van der Waals surface area contributed by atoms with Crippen molar-refractivity contribution in [2.45, 2.75) is 6.04 Å². The Labute approximate surface area is 111 Å². The highest BCUT2D eigenvalue weighted by molar-refractivity contribution is 6.30. The van der Waals surface area contributed by atoms with E-state index < -0.39 is 5.97 Å². The van der Waals surface area contributed by atoms with Crippen LogP contribution < -0.4 is 4.74 Å². The second-order valence-corrected chi connectivity index (χ2v) is 4.43. The first-order valence-corrected chi connectivity index (χ1v) is 5.74. The third kappa shape index (κ3) is 3.75. The van der Waals surface area contributed by atoms with Crippen LogP contribution in [0.4, 0.5) is 0 Å². The van der Waals surface area contributed by atoms with E-state index in [4.69, 9.17) is 21.4 Å². The van der Waals surface area contributed by atoms with Crippen molar-refractivity contribution < 1.29 is 14.6 Å². The van der Waals surface area contributed by atoms with Gasteiger partial charge in [-0.2, -0.15) is 0 Å². The Morgan fingerprint density at radius 2 is 2.17 bits per heavy atom. The number of halogens is 1. The molecule has 0 saturated carbocycles. The summed E-state index contributed by atoms with van der Waals surface area (Å²) in [6, 6.07) is 5.06. The fourth-order valence-electron chi connectivity index (χ4n) is 1.66. The summed E-state index contributed by atoms with van der Waals surface area (Å²) in [5.74, 6) is -0.309. The average Bonchev–Trinajstić information content (AvgIpc) is 2.28. The number of hydrogen-bond acceptors (Lipinski definition) is 3. The van der Waals surface area contributed by atoms with Gasteiger partial charge in [0.25, 0.3) is 0 Å². The molecular weight excluding hydrogens is 254 g/mol. The highest BCUT2D eigenvalue weighted by Crippen LogP contribution is 2.31. The van der Waals surface area contributed by atoms with Crippen LogP contribution >= 0.6 is 11.6 Å². The van der Waals surface area contributed by atoms with Gasteiger partial charge in [-0.1, -0.05) is 17.7 Å². The summed E-state index contributed by atoms with van der Waals surface area (Å²) >= 11 is 5.97. The van der Waals surface area contributed by atoms with E-state index in [2.05, 4.69) is 0 Å². The van der Waals surface area contributed by atoms with Crippen molar-refractivity contribution in [2.24, 2.45) is 0 Å². The molecule has 0 aliphatic rings. The zero-order valence-corrected chi connectivity index (χ0v) is 11.3. The topological polar surface area (TPSA) is 49.8 Å². The van der Waals surface area contributed by atoms with Crippen molar-refractivity contribution in [3.63, 3.8) is 0 Å². The zero-order chi connectivity index (χ0) is 13.7. The van der Waals surface area contributed by atoms with Crippen molar-refractivity contribution in [1.29, 1.82) is 0 Å². The van der Waals surface area contributed by atoms with Crippen molar-refractivity contribution in [1.82, 2.24) is 4.90 Å². The lowest BCUT2D eigenvalue weighted by atomic mass is 10.0. The van der Waals surface area contributed by atoms with Gasteiger partial charge in [0.2, 0.25) is 0 Å². The molecule has 0 aromatic heterocycles. The van der Waals surface area contributed by atoms with Gasteiger partial charge < -0.3 is 9.84 Å². The highest BCUT2D eigenvalue weighted by Gasteiger charge is 2.16. The van der Waals surface area contributed by atoms with Gasteiger partial charge in [0.15, 0.2) is 0 Å². The summed E-state index contributed by atoms with van der Waals surface area (Å²) < 4.78 is 5.27. The van der Waals surface area contributed by atoms with Crippen LogP contribution in [0.15, 0.2) is 30.4 Å². The monoisotopic (exact) mass is 269 g/mol. The molecule has 0 spiro atoms. The predicted octanol–water partition coefficient (Wildman–Crippen LogP) is 2.59. The number of carboxylic acids is 1. The van der Waals surface area contributed by atoms with Crippen LogP contribution in [0.1, 0.15) is 11.6 Å². The second-order valence-electron chi connectivity index (χ2n) is 3.99. The number of rotatable bonds is 5. The maximum absolute atomic E-state index is 10.6. The molecule has 0 saturated heterocycles. The van der Waals surface area contributed by atoms with E-state index in [1.54, 1.807) is 31.4 Å². The Hall–Kier alpha value is -1.52. The predicted molar refractivity (Wildman–Crippen MR) is 71.2 cm³/mol. The Morgan fingerprint density at radius 1 is 1.50 bits per heavy atom. The van der Waals surface area contributed by atoms with E-state index >= 15 is 0 Å². The molecule has 0 aliphatic heterocycles. The van der Waals surface area contributed by atoms with Crippen molar-refractivity contribution in [2.75, 3.05) is 21.2 Å². The van der Waals surface area contributed by atoms with Crippen LogP contribution in [0.2, 0.25) is 5.02 Å². The number of aliphatic carboxylic acids is 1. The summed E-state index contributed by atoms with van der Waals surface area (Å²) in [5.41, 5.74) is 0.826. The molecule has 0 aliphatic carbocycles. The minimum absolute atomic E-state index is 0.213. The standard InChI is InChI=1S/C13H16ClNO3/c1-15(2)11(5-7-13(16)17)10-8-9(14)4-6-12(10)18-3/h4-8,11H,1-3H3,(H,16,17)/b7-5+. The molecular formula is C13H16ClNO3. The van der Waals surface area contributed by atoms with Crippen LogP contribution in [0.5, 0.6) is 5.75 Å². The van der Waals surface area contributed by atoms with Crippen LogP contribution in [-0.4, -0.2) is 37.2 Å². The van der Waals surface area contributed by atoms with E-state index in [0.29, 0.717) is 10.8 Å². The summed E-state index contributed by atoms with van der Waals surface area (Å²) in [4.78, 5) is 12.5. The average molecular weight is 270 g/mol. The smallest absolute Gasteiger partial charge is 0.328 e. The molecule has 1 rings (SSSR count). The molecule has 0 bridgehead atoms. The normalized spacial score (nSPS) is 12.9. The SMILES string of the molecule is COc1ccc(Cl)cc1C(/C=C/C(=O)O)N(C)C. The molecule has 1 unspecified atom stereocenters. The highest BCUT2D eigenvalue weighted by atomic mass is 35.5. The fourth-order valence-corrected chi connectivity index (χ4v) is 1.84. The van der Waals surface area contributed by atoms with E-state index in [1.165, 1.54) is 0 Å². The molecule has 0 heterocycles. The minimum Gasteiger partial charge on any atom is -0.496 e. The van der Waals surface area contributed by atoms with E-state index in [9.17, 15) is 4.79 Å². The number of hydrogen-bond donors (Lipinski definition) is 1. The number of nitrogens with zero attached hydrogens (tertiary/aromatic N) is 1. The molecule has 0 amide bonds. The first kappa shape index (κ1) is 14.5. The number of likely N-dealkylation sites (N-methyl/N-ethyl adjacent to an activating group) is 1. The number of ether oxygens (including phenoxy) is 1. The zero-order valence-electron chi connectivity index (χ0n) is 10.6. The van der Waals surface area contributed by atoms with Crippen LogP contribution in [0.25, 0.3) is 0 Å². The fraction of sp³-hybridized carbons (Fsp3) is 0.308. The number of benzene rings is 1. The Morgan fingerprint density at radius 3 is 2.67 bits per heavy atom. The van der Waals surface area contributed by atoms with Crippen LogP contribution in [0, 0.1) is 0 Å². The van der Waals surface area contributed by atoms with Crippen molar-refractivity contribution in [3.05, 3.63) is 40.9 Å². The molecule has 1 atom stereocenters. The quantitative estimate of drug-likeness (QED) is 0.835. The number of carboxylic acid groups (broad SMARTS) is 1. The second kappa shape index (κ2) is 6.42. The van der Waals surface area contributed by atoms with Gasteiger partial charge in [-0.15, -0.1) is 0 Å². The summed E-state index contributed by atoms with van der Waals surface area (Å²) in [7, 11) is 5.29. The molecule has 0 fully saturated rings. The van der Waals surface area contributed by atoms with Gasteiger partial charge in [-0.05, 0) is 32.3 Å². The summed E-state index contributed by atoms with van der Waals surface area (Å²) in [5, 5.41) is 9.29. The lowest BCUT2D eigenvalue weighted by Gasteiger charge is -2.23. The third-order valence-corrected chi connectivity index (χ3v) is 2.72. The van der Waals surface area contributed by atoms with E-state index in [0.717, 1.165) is 11.6 Å². The number of carbonyl (C=O) groups is 1. The van der Waals surface area contributed by atoms with Crippen molar-refractivity contribution >= 4 is 17.6 Å². The van der Waals surface area contributed by atoms with Gasteiger partial charge in [0.1, 0.15) is 5.75 Å². The van der Waals surface area contributed by atoms with Gasteiger partial charge in [0, 0.05) is 16.7 Å². The Bertz CT molecular complexity index is 458. The molecule has 1 aromatic rings. The molecule has 98 valence electrons. The van der Waals surface area contributed by atoms with Crippen molar-refractivity contribution in [3.8, 4) is 5.75 Å². The lowest BCUT2D eigenvalue weighted by molar-refractivity contribution is -0.131. The van der Waals surface area contributed by atoms with Gasteiger partial charge in [0.05, 0.1) is 13.2 Å². The largest absolute Gasteiger partial charge is 0.496 e. The maximum atomic E-state index is 10.6. The van der Waals surface area contributed by atoms with Gasteiger partial charge >= 0.3 is 5.97 Å². The van der Waals surface area contributed by atoms with Gasteiger partial charge in [-0.3, -0.25) is 4.90 Å². The number of methoxy groups -OCH3 is 1. The molecule has 4 nitrogen and oxygen atoms in total. The first-order chi connectivity index (χ1) is 8.45. The minimum atomic E-state index is -0.983. The Kier molecular flexibility index (Phi) is 5.19. The first-order valence-electron chi connectivity index (χ1n) is 5.36. The summed E-state index contributed by atoms with van der Waals surface area (Å²) in [6.07, 6.45) is 2.71. The van der Waals surface area contributed by atoms with Gasteiger partial charge in [-0.25, -0.2) is 4.79 Å². The summed E-state index contributed by atoms with van der Waals surface area (Å²) in [6.45, 7) is 0. The van der Waals surface area contributed by atoms with E-state index in [1.807, 2.05) is 19.0 Å². The molecule has 1 N–H and O–H groups in total. The van der Waals surface area contributed by atoms with Crippen LogP contribution in [0.3, 0.4) is 0 Å². The molecule has 0 radical (unpaired) electrons. The lowest BCUT2D eigenvalue weighted by Crippen LogP contribution is -2.19. The molecule has 5 heteroatoms. The maximum Gasteiger partial charge on any atom is 0.328 e. The Balaban J connectivity index is 3.20. The van der Waals surface area contributed by atoms with Crippen LogP contribution in [-0.2, 0) is 4.79 Å².